The third kappa shape index (κ3) is 7.86. The van der Waals surface area contributed by atoms with Crippen LogP contribution in [0.25, 0.3) is 0 Å². The largest absolute Gasteiger partial charge is 0.373 e. The fraction of sp³-hybridized carbons (Fsp3) is 0.865. The van der Waals surface area contributed by atoms with Crippen LogP contribution in [0.15, 0.2) is 0 Å². The monoisotopic (exact) mass is 671 g/mol. The number of likely N-dealkylation sites (tertiary alicyclic amines) is 1. The van der Waals surface area contributed by atoms with Crippen LogP contribution in [0.5, 0.6) is 0 Å². The van der Waals surface area contributed by atoms with E-state index in [1.54, 1.807) is 4.90 Å². The van der Waals surface area contributed by atoms with Crippen LogP contribution in [0.4, 0.5) is 4.79 Å². The number of amides is 5. The fourth-order valence-electron chi connectivity index (χ4n) is 9.18. The molecule has 5 atom stereocenters. The number of nitrogens with two attached hydrogens (primary N) is 1. The Hall–Kier alpha value is -2.69. The van der Waals surface area contributed by atoms with Crippen molar-refractivity contribution in [1.29, 1.82) is 0 Å². The van der Waals surface area contributed by atoms with E-state index in [1.165, 1.54) is 0 Å². The average molecular weight is 672 g/mol. The first-order chi connectivity index (χ1) is 22.5. The normalized spacial score (nSPS) is 28.6. The molecule has 0 bridgehead atoms. The molecular weight excluding hydrogens is 610 g/mol. The van der Waals surface area contributed by atoms with Gasteiger partial charge in [0.15, 0.2) is 0 Å². The average Bonchev–Trinajstić information content (AvgIpc) is 3.31. The predicted molar refractivity (Wildman–Crippen MR) is 183 cm³/mol. The molecule has 0 aromatic rings. The molecule has 4 saturated carbocycles. The molecule has 0 radical (unpaired) electrons. The first-order valence-corrected chi connectivity index (χ1v) is 18.6. The number of rotatable bonds is 12. The lowest BCUT2D eigenvalue weighted by Crippen LogP contribution is -2.64. The van der Waals surface area contributed by atoms with Gasteiger partial charge in [-0.1, -0.05) is 78.6 Å². The Morgan fingerprint density at radius 1 is 0.875 bits per heavy atom. The summed E-state index contributed by atoms with van der Waals surface area (Å²) in [7, 11) is 0. The van der Waals surface area contributed by atoms with Crippen molar-refractivity contribution in [3.05, 3.63) is 0 Å². The molecule has 5 amide bonds. The summed E-state index contributed by atoms with van der Waals surface area (Å²) < 4.78 is 6.20. The van der Waals surface area contributed by atoms with E-state index in [0.29, 0.717) is 19.6 Å². The summed E-state index contributed by atoms with van der Waals surface area (Å²) in [6, 6.07) is -3.00. The number of carbonyl (C=O) groups excluding carboxylic acids is 5. The Labute approximate surface area is 287 Å². The SMILES string of the molecule is CC(C)(C)OCC1(NC(=O)N[C@H](C(=O)N2C[C@H]3[C@@H]([C@H]2C(=O)NC(CC2CCC2)C(=O)C(N)=O)C3(C)C)C2(C)CCCCC2)CCCCC1. The molecule has 5 rings (SSSR count). The highest BCUT2D eigenvalue weighted by Crippen LogP contribution is 2.65. The molecule has 5 N–H and O–H groups in total. The minimum atomic E-state index is -1.06. The van der Waals surface area contributed by atoms with Gasteiger partial charge in [0.2, 0.25) is 17.6 Å². The molecule has 1 aliphatic heterocycles. The Morgan fingerprint density at radius 3 is 2.02 bits per heavy atom. The lowest BCUT2D eigenvalue weighted by molar-refractivity contribution is -0.146. The number of ketones is 1. The van der Waals surface area contributed by atoms with Crippen LogP contribution in [0, 0.1) is 28.6 Å². The highest BCUT2D eigenvalue weighted by Gasteiger charge is 2.70. The number of fused-ring (bicyclic) bond motifs is 1. The first kappa shape index (κ1) is 36.6. The van der Waals surface area contributed by atoms with Gasteiger partial charge >= 0.3 is 6.03 Å². The lowest BCUT2D eigenvalue weighted by Gasteiger charge is -2.44. The van der Waals surface area contributed by atoms with Crippen molar-refractivity contribution in [3.8, 4) is 0 Å². The first-order valence-electron chi connectivity index (χ1n) is 18.6. The fourth-order valence-corrected chi connectivity index (χ4v) is 9.18. The number of hydrogen-bond donors (Lipinski definition) is 4. The van der Waals surface area contributed by atoms with Gasteiger partial charge in [0, 0.05) is 6.54 Å². The Bertz CT molecular complexity index is 1240. The molecule has 1 saturated heterocycles. The highest BCUT2D eigenvalue weighted by molar-refractivity contribution is 6.37. The number of ether oxygens (including phenoxy) is 1. The van der Waals surface area contributed by atoms with Gasteiger partial charge in [-0.25, -0.2) is 4.79 Å². The topological polar surface area (TPSA) is 160 Å². The molecule has 4 aliphatic carbocycles. The third-order valence-electron chi connectivity index (χ3n) is 12.6. The van der Waals surface area contributed by atoms with Gasteiger partial charge in [0.25, 0.3) is 5.91 Å². The number of carbonyl (C=O) groups is 5. The number of Topliss-reactive ketones (excluding diaryl/α,β-unsaturated/α-hetero) is 1. The Balaban J connectivity index is 1.38. The van der Waals surface area contributed by atoms with Gasteiger partial charge in [-0.15, -0.1) is 0 Å². The summed E-state index contributed by atoms with van der Waals surface area (Å²) in [5.74, 6) is -2.23. The quantitative estimate of drug-likeness (QED) is 0.226. The van der Waals surface area contributed by atoms with Crippen LogP contribution in [-0.2, 0) is 23.9 Å². The standard InChI is InChI=1S/C37H61N5O6/c1-34(2,3)48-22-37(18-11-8-12-19-37)41-33(47)40-29(36(6)16-9-7-10-17-36)32(46)42-21-24-26(35(24,4)5)27(42)31(45)39-25(28(43)30(38)44)20-23-14-13-15-23/h23-27,29H,7-22H2,1-6H3,(H2,38,44)(H,39,45)(H2,40,41,47)/t24-,25?,26-,27-,29+/m0/s1. The Kier molecular flexibility index (Phi) is 10.6. The number of nitrogens with one attached hydrogen (secondary N) is 3. The van der Waals surface area contributed by atoms with Crippen molar-refractivity contribution in [2.45, 2.75) is 161 Å². The molecule has 11 heteroatoms. The van der Waals surface area contributed by atoms with Crippen LogP contribution in [0.1, 0.15) is 131 Å². The number of urea groups is 1. The third-order valence-corrected chi connectivity index (χ3v) is 12.6. The van der Waals surface area contributed by atoms with E-state index in [1.807, 2.05) is 20.8 Å². The molecule has 1 heterocycles. The van der Waals surface area contributed by atoms with Crippen molar-refractivity contribution in [2.75, 3.05) is 13.2 Å². The minimum absolute atomic E-state index is 0.0804. The molecule has 5 fully saturated rings. The number of nitrogens with zero attached hydrogens (tertiary/aromatic N) is 1. The number of hydrogen-bond acceptors (Lipinski definition) is 6. The molecule has 48 heavy (non-hydrogen) atoms. The van der Waals surface area contributed by atoms with E-state index in [2.05, 4.69) is 36.7 Å². The van der Waals surface area contributed by atoms with Gasteiger partial charge in [0.1, 0.15) is 12.1 Å². The summed E-state index contributed by atoms with van der Waals surface area (Å²) in [6.45, 7) is 13.1. The second-order valence-electron chi connectivity index (χ2n) is 17.7. The molecular formula is C37H61N5O6. The zero-order valence-electron chi connectivity index (χ0n) is 30.3. The van der Waals surface area contributed by atoms with Gasteiger partial charge in [-0.05, 0) is 81.5 Å². The van der Waals surface area contributed by atoms with Crippen molar-refractivity contribution in [3.63, 3.8) is 0 Å². The summed E-state index contributed by atoms with van der Waals surface area (Å²) in [5, 5.41) is 9.30. The molecule has 0 aromatic carbocycles. The van der Waals surface area contributed by atoms with Gasteiger partial charge in [-0.2, -0.15) is 0 Å². The Morgan fingerprint density at radius 2 is 1.48 bits per heavy atom. The zero-order valence-corrected chi connectivity index (χ0v) is 30.3. The summed E-state index contributed by atoms with van der Waals surface area (Å²) in [6.07, 6.45) is 12.7. The van der Waals surface area contributed by atoms with Crippen molar-refractivity contribution in [1.82, 2.24) is 20.9 Å². The molecule has 1 unspecified atom stereocenters. The molecule has 5 aliphatic rings. The molecule has 0 spiro atoms. The summed E-state index contributed by atoms with van der Waals surface area (Å²) >= 11 is 0. The van der Waals surface area contributed by atoms with Crippen LogP contribution in [0.3, 0.4) is 0 Å². The maximum Gasteiger partial charge on any atom is 0.315 e. The van der Waals surface area contributed by atoms with Crippen LogP contribution in [0.2, 0.25) is 0 Å². The van der Waals surface area contributed by atoms with E-state index in [9.17, 15) is 24.0 Å². The van der Waals surface area contributed by atoms with Crippen molar-refractivity contribution >= 4 is 29.5 Å². The molecule has 0 aromatic heterocycles. The van der Waals surface area contributed by atoms with Crippen LogP contribution >= 0.6 is 0 Å². The van der Waals surface area contributed by atoms with Gasteiger partial charge in [-0.3, -0.25) is 19.2 Å². The number of primary amides is 1. The van der Waals surface area contributed by atoms with E-state index >= 15 is 0 Å². The smallest absolute Gasteiger partial charge is 0.315 e. The van der Waals surface area contributed by atoms with E-state index in [0.717, 1.165) is 83.5 Å². The minimum Gasteiger partial charge on any atom is -0.373 e. The second kappa shape index (κ2) is 13.9. The molecule has 270 valence electrons. The van der Waals surface area contributed by atoms with E-state index in [-0.39, 0.29) is 40.7 Å². The summed E-state index contributed by atoms with van der Waals surface area (Å²) in [4.78, 5) is 69.4. The number of piperidine rings is 1. The van der Waals surface area contributed by atoms with Gasteiger partial charge < -0.3 is 31.3 Å². The second-order valence-corrected chi connectivity index (χ2v) is 17.7. The van der Waals surface area contributed by atoms with Crippen LogP contribution in [-0.4, -0.2) is 76.9 Å². The van der Waals surface area contributed by atoms with Crippen molar-refractivity contribution in [2.24, 2.45) is 34.3 Å². The predicted octanol–water partition coefficient (Wildman–Crippen LogP) is 4.36. The molecule has 11 nitrogen and oxygen atoms in total. The highest BCUT2D eigenvalue weighted by atomic mass is 16.5. The van der Waals surface area contributed by atoms with Crippen molar-refractivity contribution < 1.29 is 28.7 Å². The summed E-state index contributed by atoms with van der Waals surface area (Å²) in [5.41, 5.74) is 3.90. The maximum atomic E-state index is 14.8. The lowest BCUT2D eigenvalue weighted by atomic mass is 9.70. The zero-order chi connectivity index (χ0) is 35.1. The van der Waals surface area contributed by atoms with E-state index < -0.39 is 46.7 Å². The van der Waals surface area contributed by atoms with E-state index in [4.69, 9.17) is 10.5 Å². The van der Waals surface area contributed by atoms with Crippen LogP contribution < -0.4 is 21.7 Å². The van der Waals surface area contributed by atoms with Gasteiger partial charge in [0.05, 0.1) is 23.8 Å². The maximum absolute atomic E-state index is 14.8.